The Morgan fingerprint density at radius 2 is 2.09 bits per heavy atom. The molecular weight excluding hydrogens is 430 g/mol. The molecule has 2 heterocycles. The van der Waals surface area contributed by atoms with E-state index in [1.807, 2.05) is 12.1 Å². The number of aromatic nitrogens is 2. The minimum Gasteiger partial charge on any atom is -0.379 e. The van der Waals surface area contributed by atoms with Gasteiger partial charge in [0.2, 0.25) is 10.0 Å². The lowest BCUT2D eigenvalue weighted by atomic mass is 9.91. The van der Waals surface area contributed by atoms with Gasteiger partial charge in [-0.15, -0.1) is 0 Å². The smallest absolute Gasteiger partial charge is 0.291 e. The van der Waals surface area contributed by atoms with Crippen LogP contribution >= 0.6 is 0 Å². The third-order valence-electron chi connectivity index (χ3n) is 5.59. The zero-order valence-corrected chi connectivity index (χ0v) is 18.5. The fraction of sp³-hybridized carbons (Fsp3) is 0.409. The number of hydrogen-bond donors (Lipinski definition) is 2. The summed E-state index contributed by atoms with van der Waals surface area (Å²) in [6.45, 7) is 1.54. The lowest BCUT2D eigenvalue weighted by Gasteiger charge is -2.26. The van der Waals surface area contributed by atoms with Crippen molar-refractivity contribution in [2.45, 2.75) is 31.4 Å². The fourth-order valence-electron chi connectivity index (χ4n) is 3.94. The molecule has 9 nitrogen and oxygen atoms in total. The van der Waals surface area contributed by atoms with Crippen LogP contribution in [0.4, 0.5) is 5.69 Å². The van der Waals surface area contributed by atoms with Crippen LogP contribution in [0.1, 0.15) is 53.1 Å². The number of aromatic amines is 1. The number of carbonyl (C=O) groups is 1. The van der Waals surface area contributed by atoms with E-state index < -0.39 is 15.9 Å². The summed E-state index contributed by atoms with van der Waals surface area (Å²) in [6.07, 6.45) is 7.41. The molecule has 1 aromatic heterocycles. The number of benzene rings is 1. The number of hydrogen-bond acceptors (Lipinski definition) is 6. The molecule has 168 valence electrons. The zero-order chi connectivity index (χ0) is 22.6. The summed E-state index contributed by atoms with van der Waals surface area (Å²) in [5.74, 6) is -0.521. The number of anilines is 1. The number of amides is 1. The number of ether oxygens (including phenoxy) is 1. The summed E-state index contributed by atoms with van der Waals surface area (Å²) in [4.78, 5) is 19.3. The second kappa shape index (κ2) is 9.65. The van der Waals surface area contributed by atoms with Gasteiger partial charge in [-0.05, 0) is 49.0 Å². The number of imidazole rings is 1. The Hall–Kier alpha value is -3.00. The number of H-pyrrole nitrogens is 1. The second-order valence-electron chi connectivity index (χ2n) is 7.83. The van der Waals surface area contributed by atoms with Gasteiger partial charge in [0.25, 0.3) is 5.91 Å². The average molecular weight is 456 g/mol. The predicted octanol–water partition coefficient (Wildman–Crippen LogP) is 2.65. The molecule has 1 aliphatic carbocycles. The van der Waals surface area contributed by atoms with Crippen molar-refractivity contribution >= 4 is 27.2 Å². The van der Waals surface area contributed by atoms with Crippen LogP contribution in [0, 0.1) is 11.3 Å². The van der Waals surface area contributed by atoms with Crippen molar-refractivity contribution in [1.82, 2.24) is 14.3 Å². The van der Waals surface area contributed by atoms with Gasteiger partial charge in [0.15, 0.2) is 5.82 Å². The van der Waals surface area contributed by atoms with Crippen LogP contribution < -0.4 is 5.32 Å². The van der Waals surface area contributed by atoms with Crippen LogP contribution in [0.2, 0.25) is 0 Å². The highest BCUT2D eigenvalue weighted by molar-refractivity contribution is 7.88. The third kappa shape index (κ3) is 5.07. The van der Waals surface area contributed by atoms with Gasteiger partial charge in [0.1, 0.15) is 11.8 Å². The van der Waals surface area contributed by atoms with Crippen molar-refractivity contribution in [3.05, 3.63) is 53.1 Å². The molecule has 2 aromatic rings. The molecule has 10 heteroatoms. The van der Waals surface area contributed by atoms with E-state index in [0.717, 1.165) is 36.8 Å². The van der Waals surface area contributed by atoms with E-state index >= 15 is 0 Å². The first-order chi connectivity index (χ1) is 15.5. The van der Waals surface area contributed by atoms with E-state index in [-0.39, 0.29) is 17.3 Å². The number of nitrogens with zero attached hydrogens (tertiary/aromatic N) is 3. The summed E-state index contributed by atoms with van der Waals surface area (Å²) in [5, 5.41) is 11.8. The SMILES string of the molecule is N#Cc1cnc(C(=O)Nc2ccc(CS(=O)(=O)N3CCOCC3)cc2C2=CCCCC2)[nH]1. The summed E-state index contributed by atoms with van der Waals surface area (Å²) in [6, 6.07) is 7.23. The zero-order valence-electron chi connectivity index (χ0n) is 17.6. The van der Waals surface area contributed by atoms with E-state index in [9.17, 15) is 13.2 Å². The minimum absolute atomic E-state index is 0.0455. The fourth-order valence-corrected chi connectivity index (χ4v) is 5.43. The first kappa shape index (κ1) is 22.2. The van der Waals surface area contributed by atoms with Gasteiger partial charge in [-0.3, -0.25) is 4.79 Å². The van der Waals surface area contributed by atoms with Crippen LogP contribution in [0.25, 0.3) is 5.57 Å². The number of morpholine rings is 1. The maximum Gasteiger partial charge on any atom is 0.291 e. The van der Waals surface area contributed by atoms with Crippen LogP contribution in [0.5, 0.6) is 0 Å². The van der Waals surface area contributed by atoms with Crippen molar-refractivity contribution in [3.8, 4) is 6.07 Å². The number of allylic oxidation sites excluding steroid dienone is 2. The summed E-state index contributed by atoms with van der Waals surface area (Å²) < 4.78 is 32.5. The van der Waals surface area contributed by atoms with E-state index in [4.69, 9.17) is 10.00 Å². The van der Waals surface area contributed by atoms with Crippen molar-refractivity contribution < 1.29 is 17.9 Å². The van der Waals surface area contributed by atoms with Gasteiger partial charge in [0, 0.05) is 24.3 Å². The van der Waals surface area contributed by atoms with Crippen molar-refractivity contribution in [1.29, 1.82) is 5.26 Å². The maximum absolute atomic E-state index is 12.9. The van der Waals surface area contributed by atoms with Crippen molar-refractivity contribution in [3.63, 3.8) is 0 Å². The highest BCUT2D eigenvalue weighted by Crippen LogP contribution is 2.33. The molecular formula is C22H25N5O4S. The van der Waals surface area contributed by atoms with E-state index in [1.54, 1.807) is 12.1 Å². The predicted molar refractivity (Wildman–Crippen MR) is 119 cm³/mol. The maximum atomic E-state index is 12.9. The Labute approximate surface area is 187 Å². The molecule has 32 heavy (non-hydrogen) atoms. The molecule has 0 bridgehead atoms. The van der Waals surface area contributed by atoms with Crippen LogP contribution in [-0.2, 0) is 20.5 Å². The van der Waals surface area contributed by atoms with E-state index in [2.05, 4.69) is 21.4 Å². The number of nitrogens with one attached hydrogen (secondary N) is 2. The summed E-state index contributed by atoms with van der Waals surface area (Å²) in [7, 11) is -3.46. The van der Waals surface area contributed by atoms with E-state index in [1.165, 1.54) is 10.5 Å². The largest absolute Gasteiger partial charge is 0.379 e. The standard InChI is InChI=1S/C22H25N5O4S/c23-13-18-14-24-21(25-18)22(28)26-20-7-6-16(12-19(20)17-4-2-1-3-5-17)15-32(29,30)27-8-10-31-11-9-27/h4,6-7,12,14H,1-3,5,8-11,15H2,(H,24,25)(H,26,28). The molecule has 1 amide bonds. The molecule has 1 aromatic carbocycles. The first-order valence-electron chi connectivity index (χ1n) is 10.6. The third-order valence-corrected chi connectivity index (χ3v) is 7.44. The quantitative estimate of drug-likeness (QED) is 0.689. The van der Waals surface area contributed by atoms with Crippen molar-refractivity contribution in [2.75, 3.05) is 31.6 Å². The molecule has 1 saturated heterocycles. The molecule has 4 rings (SSSR count). The second-order valence-corrected chi connectivity index (χ2v) is 9.80. The molecule has 2 N–H and O–H groups in total. The Morgan fingerprint density at radius 3 is 2.78 bits per heavy atom. The Balaban J connectivity index is 1.61. The van der Waals surface area contributed by atoms with Gasteiger partial charge >= 0.3 is 0 Å². The molecule has 1 aliphatic heterocycles. The monoisotopic (exact) mass is 455 g/mol. The number of carbonyl (C=O) groups excluding carboxylic acids is 1. The van der Waals surface area contributed by atoms with Gasteiger partial charge in [-0.25, -0.2) is 13.4 Å². The number of sulfonamides is 1. The Kier molecular flexibility index (Phi) is 6.69. The molecule has 0 spiro atoms. The lowest BCUT2D eigenvalue weighted by Crippen LogP contribution is -2.41. The van der Waals surface area contributed by atoms with Gasteiger partial charge in [-0.1, -0.05) is 12.1 Å². The summed E-state index contributed by atoms with van der Waals surface area (Å²) >= 11 is 0. The van der Waals surface area contributed by atoms with Gasteiger partial charge < -0.3 is 15.0 Å². The van der Waals surface area contributed by atoms with Crippen LogP contribution in [0.15, 0.2) is 30.5 Å². The normalized spacial score (nSPS) is 17.4. The molecule has 1 fully saturated rings. The first-order valence-corrected chi connectivity index (χ1v) is 12.2. The number of rotatable bonds is 6. The molecule has 2 aliphatic rings. The Morgan fingerprint density at radius 1 is 1.28 bits per heavy atom. The Bertz CT molecular complexity index is 1170. The highest BCUT2D eigenvalue weighted by atomic mass is 32.2. The lowest BCUT2D eigenvalue weighted by molar-refractivity contribution is 0.0729. The average Bonchev–Trinajstić information content (AvgIpc) is 3.31. The van der Waals surface area contributed by atoms with Crippen molar-refractivity contribution in [2.24, 2.45) is 0 Å². The topological polar surface area (TPSA) is 128 Å². The molecule has 0 atom stereocenters. The highest BCUT2D eigenvalue weighted by Gasteiger charge is 2.25. The molecule has 0 radical (unpaired) electrons. The summed E-state index contributed by atoms with van der Waals surface area (Å²) in [5.41, 5.74) is 3.37. The van der Waals surface area contributed by atoms with Crippen LogP contribution in [0.3, 0.4) is 0 Å². The van der Waals surface area contributed by atoms with Gasteiger partial charge in [-0.2, -0.15) is 9.57 Å². The molecule has 0 saturated carbocycles. The van der Waals surface area contributed by atoms with E-state index in [0.29, 0.717) is 37.6 Å². The molecule has 0 unspecified atom stereocenters. The van der Waals surface area contributed by atoms with Gasteiger partial charge in [0.05, 0.1) is 25.2 Å². The van der Waals surface area contributed by atoms with Crippen LogP contribution in [-0.4, -0.2) is 54.9 Å². The minimum atomic E-state index is -3.46. The number of nitriles is 1.